The van der Waals surface area contributed by atoms with Crippen molar-refractivity contribution in [2.45, 2.75) is 0 Å². The van der Waals surface area contributed by atoms with Gasteiger partial charge >= 0.3 is 0 Å². The summed E-state index contributed by atoms with van der Waals surface area (Å²) in [5, 5.41) is 0. The first-order valence-corrected chi connectivity index (χ1v) is 8.52. The lowest BCUT2D eigenvalue weighted by Crippen LogP contribution is -1.88. The highest BCUT2D eigenvalue weighted by molar-refractivity contribution is 5.79. The molecule has 2 nitrogen and oxygen atoms in total. The van der Waals surface area contributed by atoms with Gasteiger partial charge in [0.1, 0.15) is 11.5 Å². The first-order valence-electron chi connectivity index (χ1n) is 8.52. The molecule has 0 bridgehead atoms. The van der Waals surface area contributed by atoms with E-state index in [4.69, 9.17) is 9.47 Å². The van der Waals surface area contributed by atoms with E-state index in [1.807, 2.05) is 72.8 Å². The smallest absolute Gasteiger partial charge is 0.126 e. The van der Waals surface area contributed by atoms with Crippen molar-refractivity contribution < 1.29 is 9.47 Å². The van der Waals surface area contributed by atoms with Crippen LogP contribution < -0.4 is 0 Å². The molecule has 0 N–H and O–H groups in total. The Bertz CT molecular complexity index is 800. The molecule has 0 aliphatic rings. The first-order chi connectivity index (χ1) is 12.8. The molecule has 0 aliphatic heterocycles. The number of rotatable bonds is 6. The zero-order chi connectivity index (χ0) is 18.2. The number of methoxy groups -OCH3 is 2. The Morgan fingerprint density at radius 1 is 0.538 bits per heavy atom. The molecular weight excluding hydrogens is 320 g/mol. The number of ether oxygens (including phenoxy) is 2. The average Bonchev–Trinajstić information content (AvgIpc) is 2.72. The normalized spacial score (nSPS) is 11.9. The van der Waals surface area contributed by atoms with E-state index in [2.05, 4.69) is 24.3 Å². The van der Waals surface area contributed by atoms with Gasteiger partial charge in [0.25, 0.3) is 0 Å². The fourth-order valence-corrected chi connectivity index (χ4v) is 2.72. The summed E-state index contributed by atoms with van der Waals surface area (Å²) in [5.74, 6) is 1.69. The van der Waals surface area contributed by atoms with Crippen molar-refractivity contribution in [3.05, 3.63) is 107 Å². The molecule has 3 rings (SSSR count). The number of hydrogen-bond acceptors (Lipinski definition) is 2. The van der Waals surface area contributed by atoms with Crippen molar-refractivity contribution in [2.24, 2.45) is 0 Å². The Kier molecular flexibility index (Phi) is 5.89. The molecule has 0 amide bonds. The number of hydrogen-bond donors (Lipinski definition) is 0. The maximum atomic E-state index is 5.54. The van der Waals surface area contributed by atoms with Gasteiger partial charge < -0.3 is 9.47 Å². The zero-order valence-corrected chi connectivity index (χ0v) is 15.1. The molecule has 0 aliphatic carbocycles. The molecule has 2 heteroatoms. The number of benzene rings is 3. The topological polar surface area (TPSA) is 18.5 Å². The van der Waals surface area contributed by atoms with Crippen molar-refractivity contribution in [2.75, 3.05) is 14.2 Å². The van der Waals surface area contributed by atoms with Crippen LogP contribution >= 0.6 is 0 Å². The molecular formula is C24H22O2. The Morgan fingerprint density at radius 3 is 1.19 bits per heavy atom. The van der Waals surface area contributed by atoms with Gasteiger partial charge in [-0.1, -0.05) is 84.9 Å². The summed E-state index contributed by atoms with van der Waals surface area (Å²) in [5.41, 5.74) is 4.29. The minimum absolute atomic E-state index is 0.843. The van der Waals surface area contributed by atoms with E-state index in [9.17, 15) is 0 Å². The standard InChI is InChI=1S/C24H22O2/c1-25-23(21-9-5-3-6-10-21)17-19-13-15-20(16-14-19)18-24(26-2)22-11-7-4-8-12-22/h3-18H,1-2H3. The van der Waals surface area contributed by atoms with Gasteiger partial charge in [0, 0.05) is 11.1 Å². The van der Waals surface area contributed by atoms with E-state index in [1.54, 1.807) is 14.2 Å². The second-order valence-electron chi connectivity index (χ2n) is 5.82. The van der Waals surface area contributed by atoms with E-state index in [-0.39, 0.29) is 0 Å². The van der Waals surface area contributed by atoms with E-state index in [1.165, 1.54) is 0 Å². The highest BCUT2D eigenvalue weighted by atomic mass is 16.5. The predicted molar refractivity (Wildman–Crippen MR) is 109 cm³/mol. The van der Waals surface area contributed by atoms with Crippen LogP contribution in [0.1, 0.15) is 22.3 Å². The molecule has 0 atom stereocenters. The third-order valence-corrected chi connectivity index (χ3v) is 4.09. The summed E-state index contributed by atoms with van der Waals surface area (Å²) < 4.78 is 11.1. The second-order valence-corrected chi connectivity index (χ2v) is 5.82. The lowest BCUT2D eigenvalue weighted by molar-refractivity contribution is 0.372. The van der Waals surface area contributed by atoms with Gasteiger partial charge in [-0.3, -0.25) is 0 Å². The van der Waals surface area contributed by atoms with Gasteiger partial charge in [-0.25, -0.2) is 0 Å². The molecule has 0 radical (unpaired) electrons. The third kappa shape index (κ3) is 4.42. The van der Waals surface area contributed by atoms with E-state index >= 15 is 0 Å². The first kappa shape index (κ1) is 17.6. The van der Waals surface area contributed by atoms with Crippen LogP contribution in [-0.2, 0) is 9.47 Å². The van der Waals surface area contributed by atoms with Crippen LogP contribution in [0.15, 0.2) is 84.9 Å². The van der Waals surface area contributed by atoms with Gasteiger partial charge in [-0.05, 0) is 23.3 Å². The van der Waals surface area contributed by atoms with Crippen molar-refractivity contribution in [3.8, 4) is 0 Å². The summed E-state index contributed by atoms with van der Waals surface area (Å²) >= 11 is 0. The summed E-state index contributed by atoms with van der Waals surface area (Å²) in [7, 11) is 3.39. The van der Waals surface area contributed by atoms with E-state index < -0.39 is 0 Å². The van der Waals surface area contributed by atoms with Crippen molar-refractivity contribution >= 4 is 23.7 Å². The van der Waals surface area contributed by atoms with Crippen molar-refractivity contribution in [3.63, 3.8) is 0 Å². The lowest BCUT2D eigenvalue weighted by atomic mass is 10.1. The monoisotopic (exact) mass is 342 g/mol. The zero-order valence-electron chi connectivity index (χ0n) is 15.1. The minimum Gasteiger partial charge on any atom is -0.496 e. The van der Waals surface area contributed by atoms with E-state index in [0.717, 1.165) is 33.8 Å². The molecule has 3 aromatic rings. The molecule has 0 fully saturated rings. The maximum Gasteiger partial charge on any atom is 0.126 e. The molecule has 130 valence electrons. The molecule has 3 aromatic carbocycles. The fraction of sp³-hybridized carbons (Fsp3) is 0.0833. The highest BCUT2D eigenvalue weighted by Crippen LogP contribution is 2.21. The quantitative estimate of drug-likeness (QED) is 0.405. The van der Waals surface area contributed by atoms with Gasteiger partial charge in [0.15, 0.2) is 0 Å². The van der Waals surface area contributed by atoms with Crippen molar-refractivity contribution in [1.82, 2.24) is 0 Å². The summed E-state index contributed by atoms with van der Waals surface area (Å²) in [4.78, 5) is 0. The van der Waals surface area contributed by atoms with Gasteiger partial charge in [0.2, 0.25) is 0 Å². The second kappa shape index (κ2) is 8.72. The molecule has 0 aromatic heterocycles. The average molecular weight is 342 g/mol. The Labute approximate surface area is 155 Å². The molecule has 0 unspecified atom stereocenters. The van der Waals surface area contributed by atoms with Gasteiger partial charge in [-0.2, -0.15) is 0 Å². The van der Waals surface area contributed by atoms with Crippen molar-refractivity contribution in [1.29, 1.82) is 0 Å². The molecule has 0 saturated carbocycles. The van der Waals surface area contributed by atoms with E-state index in [0.29, 0.717) is 0 Å². The Morgan fingerprint density at radius 2 is 0.885 bits per heavy atom. The highest BCUT2D eigenvalue weighted by Gasteiger charge is 2.03. The minimum atomic E-state index is 0.843. The van der Waals surface area contributed by atoms with Crippen LogP contribution in [0.5, 0.6) is 0 Å². The SMILES string of the molecule is COC(=Cc1ccc(C=C(OC)c2ccccc2)cc1)c1ccccc1. The van der Waals surface area contributed by atoms with Crippen LogP contribution in [0, 0.1) is 0 Å². The molecule has 26 heavy (non-hydrogen) atoms. The summed E-state index contributed by atoms with van der Waals surface area (Å²) in [6.07, 6.45) is 4.08. The van der Waals surface area contributed by atoms with Gasteiger partial charge in [0.05, 0.1) is 14.2 Å². The largest absolute Gasteiger partial charge is 0.496 e. The van der Waals surface area contributed by atoms with Crippen LogP contribution in [0.2, 0.25) is 0 Å². The van der Waals surface area contributed by atoms with Crippen LogP contribution in [0.4, 0.5) is 0 Å². The maximum absolute atomic E-state index is 5.54. The fourth-order valence-electron chi connectivity index (χ4n) is 2.72. The summed E-state index contributed by atoms with van der Waals surface area (Å²) in [6, 6.07) is 28.5. The molecule has 0 saturated heterocycles. The van der Waals surface area contributed by atoms with Crippen LogP contribution in [0.3, 0.4) is 0 Å². The third-order valence-electron chi connectivity index (χ3n) is 4.09. The van der Waals surface area contributed by atoms with Crippen LogP contribution in [0.25, 0.3) is 23.7 Å². The molecule has 0 heterocycles. The van der Waals surface area contributed by atoms with Crippen LogP contribution in [-0.4, -0.2) is 14.2 Å². The Balaban J connectivity index is 1.84. The van der Waals surface area contributed by atoms with Gasteiger partial charge in [-0.15, -0.1) is 0 Å². The lowest BCUT2D eigenvalue weighted by Gasteiger charge is -2.08. The predicted octanol–water partition coefficient (Wildman–Crippen LogP) is 5.98. The molecule has 0 spiro atoms. The summed E-state index contributed by atoms with van der Waals surface area (Å²) in [6.45, 7) is 0. The Hall–Kier alpha value is -3.26.